The summed E-state index contributed by atoms with van der Waals surface area (Å²) in [5, 5.41) is 4.30. The van der Waals surface area contributed by atoms with Crippen LogP contribution in [0.2, 0.25) is 0 Å². The SMILES string of the molecule is CCOc1ncc(N2CCc3c(C(F)(F)F)ccc(N4CCN(C(=O)Cn5ccc(C)n5)C(C)C4)c3C2)cn1. The minimum Gasteiger partial charge on any atom is -0.464 e. The van der Waals surface area contributed by atoms with Crippen molar-refractivity contribution in [2.24, 2.45) is 0 Å². The standard InChI is InChI=1S/C27H32F3N7O2/c1-4-39-26-31-13-20(14-32-26)34-9-8-21-22(16-34)24(6-5-23(21)27(28,29)30)35-11-12-37(19(3)15-35)25(38)17-36-10-7-18(2)33-36/h5-7,10,13-14,19H,4,8-9,11-12,15-17H2,1-3H3. The smallest absolute Gasteiger partial charge is 0.416 e. The number of nitrogens with zero attached hydrogens (tertiary/aromatic N) is 7. The highest BCUT2D eigenvalue weighted by Crippen LogP contribution is 2.40. The number of carbonyl (C=O) groups excluding carboxylic acids is 1. The largest absolute Gasteiger partial charge is 0.464 e. The summed E-state index contributed by atoms with van der Waals surface area (Å²) in [7, 11) is 0. The van der Waals surface area contributed by atoms with Crippen LogP contribution in [0.15, 0.2) is 36.8 Å². The Bertz CT molecular complexity index is 1330. The first kappa shape index (κ1) is 26.8. The molecule has 0 saturated carbocycles. The molecule has 3 aromatic rings. The van der Waals surface area contributed by atoms with Crippen LogP contribution in [0.4, 0.5) is 24.5 Å². The Morgan fingerprint density at radius 1 is 1.08 bits per heavy atom. The van der Waals surface area contributed by atoms with Crippen LogP contribution in [0.25, 0.3) is 0 Å². The third kappa shape index (κ3) is 5.64. The van der Waals surface area contributed by atoms with Crippen molar-refractivity contribution in [2.45, 2.75) is 52.5 Å². The van der Waals surface area contributed by atoms with Gasteiger partial charge in [0.25, 0.3) is 0 Å². The first-order valence-electron chi connectivity index (χ1n) is 13.1. The number of benzene rings is 1. The Hall–Kier alpha value is -3.83. The molecule has 2 aliphatic heterocycles. The maximum absolute atomic E-state index is 14.0. The molecule has 5 rings (SSSR count). The second kappa shape index (κ2) is 10.7. The predicted octanol–water partition coefficient (Wildman–Crippen LogP) is 3.70. The lowest BCUT2D eigenvalue weighted by Crippen LogP contribution is -2.55. The Balaban J connectivity index is 1.38. The van der Waals surface area contributed by atoms with E-state index in [0.29, 0.717) is 50.5 Å². The Morgan fingerprint density at radius 3 is 2.49 bits per heavy atom. The van der Waals surface area contributed by atoms with E-state index < -0.39 is 11.7 Å². The van der Waals surface area contributed by atoms with Crippen molar-refractivity contribution in [2.75, 3.05) is 42.6 Å². The zero-order chi connectivity index (χ0) is 27.7. The van der Waals surface area contributed by atoms with E-state index in [1.807, 2.05) is 36.6 Å². The van der Waals surface area contributed by atoms with Gasteiger partial charge >= 0.3 is 12.2 Å². The Morgan fingerprint density at radius 2 is 1.85 bits per heavy atom. The highest BCUT2D eigenvalue weighted by Gasteiger charge is 2.38. The summed E-state index contributed by atoms with van der Waals surface area (Å²) >= 11 is 0. The molecule has 208 valence electrons. The van der Waals surface area contributed by atoms with Crippen molar-refractivity contribution >= 4 is 17.3 Å². The van der Waals surface area contributed by atoms with E-state index in [4.69, 9.17) is 4.74 Å². The molecule has 9 nitrogen and oxygen atoms in total. The van der Waals surface area contributed by atoms with Crippen molar-refractivity contribution in [1.29, 1.82) is 0 Å². The van der Waals surface area contributed by atoms with E-state index in [2.05, 4.69) is 20.0 Å². The lowest BCUT2D eigenvalue weighted by atomic mass is 9.91. The number of ether oxygens (including phenoxy) is 1. The molecule has 4 heterocycles. The van der Waals surface area contributed by atoms with Crippen LogP contribution in [0.1, 0.15) is 36.2 Å². The molecule has 1 aromatic carbocycles. The van der Waals surface area contributed by atoms with Gasteiger partial charge in [-0.3, -0.25) is 9.48 Å². The number of amides is 1. The Labute approximate surface area is 225 Å². The fourth-order valence-corrected chi connectivity index (χ4v) is 5.45. The number of piperazine rings is 1. The highest BCUT2D eigenvalue weighted by molar-refractivity contribution is 5.77. The lowest BCUT2D eigenvalue weighted by molar-refractivity contribution is -0.138. The number of halogens is 3. The molecule has 1 saturated heterocycles. The maximum atomic E-state index is 14.0. The van der Waals surface area contributed by atoms with Crippen molar-refractivity contribution < 1.29 is 22.7 Å². The first-order chi connectivity index (χ1) is 18.6. The molecule has 0 radical (unpaired) electrons. The summed E-state index contributed by atoms with van der Waals surface area (Å²) in [5.41, 5.74) is 2.76. The number of fused-ring (bicyclic) bond motifs is 1. The molecule has 0 N–H and O–H groups in total. The molecule has 1 unspecified atom stereocenters. The van der Waals surface area contributed by atoms with Crippen molar-refractivity contribution in [3.63, 3.8) is 0 Å². The molecule has 39 heavy (non-hydrogen) atoms. The summed E-state index contributed by atoms with van der Waals surface area (Å²) in [6.07, 6.45) is 0.885. The summed E-state index contributed by atoms with van der Waals surface area (Å²) in [5.74, 6) is -0.0265. The number of aromatic nitrogens is 4. The van der Waals surface area contributed by atoms with Crippen LogP contribution in [0.3, 0.4) is 0 Å². The van der Waals surface area contributed by atoms with Gasteiger partial charge in [0, 0.05) is 50.6 Å². The molecule has 1 amide bonds. The number of hydrogen-bond donors (Lipinski definition) is 0. The van der Waals surface area contributed by atoms with Crippen LogP contribution in [-0.2, 0) is 30.5 Å². The number of rotatable bonds is 6. The minimum absolute atomic E-state index is 0.0265. The first-order valence-corrected chi connectivity index (χ1v) is 13.1. The zero-order valence-electron chi connectivity index (χ0n) is 22.3. The van der Waals surface area contributed by atoms with Crippen molar-refractivity contribution in [3.8, 4) is 6.01 Å². The van der Waals surface area contributed by atoms with Gasteiger partial charge in [-0.1, -0.05) is 0 Å². The van der Waals surface area contributed by atoms with Gasteiger partial charge in [-0.25, -0.2) is 9.97 Å². The van der Waals surface area contributed by atoms with Gasteiger partial charge in [0.1, 0.15) is 6.54 Å². The van der Waals surface area contributed by atoms with Crippen LogP contribution < -0.4 is 14.5 Å². The number of hydrogen-bond acceptors (Lipinski definition) is 7. The molecule has 0 aliphatic carbocycles. The molecule has 0 spiro atoms. The number of carbonyl (C=O) groups is 1. The van der Waals surface area contributed by atoms with Crippen LogP contribution in [-0.4, -0.2) is 69.4 Å². The van der Waals surface area contributed by atoms with Gasteiger partial charge in [0.05, 0.1) is 35.9 Å². The van der Waals surface area contributed by atoms with Crippen LogP contribution >= 0.6 is 0 Å². The Kier molecular flexibility index (Phi) is 7.37. The lowest BCUT2D eigenvalue weighted by Gasteiger charge is -2.43. The van der Waals surface area contributed by atoms with Crippen LogP contribution in [0, 0.1) is 6.92 Å². The summed E-state index contributed by atoms with van der Waals surface area (Å²) in [6, 6.07) is 4.79. The number of anilines is 2. The van der Waals surface area contributed by atoms with Gasteiger partial charge in [-0.05, 0) is 56.5 Å². The van der Waals surface area contributed by atoms with E-state index in [1.165, 1.54) is 6.07 Å². The normalized spacial score (nSPS) is 17.8. The minimum atomic E-state index is -4.43. The zero-order valence-corrected chi connectivity index (χ0v) is 22.3. The molecule has 12 heteroatoms. The molecular weight excluding hydrogens is 511 g/mol. The van der Waals surface area contributed by atoms with Crippen molar-refractivity contribution in [3.05, 3.63) is 59.2 Å². The van der Waals surface area contributed by atoms with Crippen LogP contribution in [0.5, 0.6) is 6.01 Å². The maximum Gasteiger partial charge on any atom is 0.416 e. The summed E-state index contributed by atoms with van der Waals surface area (Å²) in [4.78, 5) is 27.4. The van der Waals surface area contributed by atoms with E-state index in [1.54, 1.807) is 29.3 Å². The van der Waals surface area contributed by atoms with Gasteiger partial charge in [-0.2, -0.15) is 18.3 Å². The number of alkyl halides is 3. The molecule has 2 aliphatic rings. The molecule has 1 atom stereocenters. The third-order valence-corrected chi connectivity index (χ3v) is 7.31. The van der Waals surface area contributed by atoms with Gasteiger partial charge in [0.2, 0.25) is 5.91 Å². The van der Waals surface area contributed by atoms with Gasteiger partial charge in [-0.15, -0.1) is 0 Å². The van der Waals surface area contributed by atoms with Gasteiger partial charge in [0.15, 0.2) is 0 Å². The monoisotopic (exact) mass is 543 g/mol. The van der Waals surface area contributed by atoms with Gasteiger partial charge < -0.3 is 19.4 Å². The van der Waals surface area contributed by atoms with E-state index >= 15 is 0 Å². The second-order valence-electron chi connectivity index (χ2n) is 9.95. The second-order valence-corrected chi connectivity index (χ2v) is 9.95. The molecule has 1 fully saturated rings. The third-order valence-electron chi connectivity index (χ3n) is 7.31. The van der Waals surface area contributed by atoms with E-state index in [0.717, 1.165) is 17.1 Å². The summed E-state index contributed by atoms with van der Waals surface area (Å²) < 4.78 is 48.8. The highest BCUT2D eigenvalue weighted by atomic mass is 19.4. The summed E-state index contributed by atoms with van der Waals surface area (Å²) in [6.45, 7) is 8.54. The van der Waals surface area contributed by atoms with Crippen molar-refractivity contribution in [1.82, 2.24) is 24.6 Å². The topological polar surface area (TPSA) is 79.6 Å². The molecule has 2 aromatic heterocycles. The quantitative estimate of drug-likeness (QED) is 0.469. The average Bonchev–Trinajstić information content (AvgIpc) is 3.31. The predicted molar refractivity (Wildman–Crippen MR) is 140 cm³/mol. The fraction of sp³-hybridized carbons (Fsp3) is 0.481. The molecule has 0 bridgehead atoms. The average molecular weight is 544 g/mol. The van der Waals surface area contributed by atoms with E-state index in [-0.39, 0.29) is 30.9 Å². The number of aryl methyl sites for hydroxylation is 1. The fourth-order valence-electron chi connectivity index (χ4n) is 5.45. The van der Waals surface area contributed by atoms with E-state index in [9.17, 15) is 18.0 Å². The molecular formula is C27H32F3N7O2.